The van der Waals surface area contributed by atoms with Gasteiger partial charge in [-0.3, -0.25) is 15.1 Å². The van der Waals surface area contributed by atoms with E-state index >= 15 is 0 Å². The van der Waals surface area contributed by atoms with Crippen molar-refractivity contribution >= 4 is 49.1 Å². The van der Waals surface area contributed by atoms with Crippen LogP contribution in [0.15, 0.2) is 51.9 Å². The van der Waals surface area contributed by atoms with Crippen LogP contribution >= 0.6 is 27.5 Å². The van der Waals surface area contributed by atoms with Crippen molar-refractivity contribution in [2.75, 3.05) is 18.7 Å². The molecular weight excluding hydrogens is 520 g/mol. The van der Waals surface area contributed by atoms with Crippen molar-refractivity contribution in [2.24, 2.45) is 5.92 Å². The van der Waals surface area contributed by atoms with Gasteiger partial charge >= 0.3 is 0 Å². The molecule has 0 bridgehead atoms. The number of carbonyl (C=O) groups excluding carboxylic acids is 1. The number of nitrogens with one attached hydrogen (secondary N) is 2. The lowest BCUT2D eigenvalue weighted by atomic mass is 9.82. The fourth-order valence-electron chi connectivity index (χ4n) is 3.68. The Morgan fingerprint density at radius 3 is 2.69 bits per heavy atom. The Bertz CT molecular complexity index is 1110. The molecule has 1 heterocycles. The van der Waals surface area contributed by atoms with E-state index in [1.165, 1.54) is 18.5 Å². The third kappa shape index (κ3) is 6.50. The maximum absolute atomic E-state index is 13.2. The molecule has 2 N–H and O–H groups in total. The molecular formula is C21H24BrClN4O4S. The van der Waals surface area contributed by atoms with Gasteiger partial charge in [0.15, 0.2) is 15.7 Å². The van der Waals surface area contributed by atoms with Gasteiger partial charge in [0.1, 0.15) is 4.60 Å². The normalized spacial score (nSPS) is 17.4. The number of sulfone groups is 1. The summed E-state index contributed by atoms with van der Waals surface area (Å²) >= 11 is 9.49. The number of halogens is 2. The van der Waals surface area contributed by atoms with Crippen LogP contribution in [0, 0.1) is 5.92 Å². The van der Waals surface area contributed by atoms with Crippen molar-refractivity contribution < 1.29 is 18.0 Å². The van der Waals surface area contributed by atoms with E-state index in [1.54, 1.807) is 19.2 Å². The van der Waals surface area contributed by atoms with Crippen molar-refractivity contribution in [2.45, 2.75) is 36.5 Å². The Kier molecular flexibility index (Phi) is 8.26. The lowest BCUT2D eigenvalue weighted by molar-refractivity contribution is -0.118. The summed E-state index contributed by atoms with van der Waals surface area (Å²) in [6, 6.07) is 4.66. The van der Waals surface area contributed by atoms with Gasteiger partial charge in [-0.2, -0.15) is 0 Å². The van der Waals surface area contributed by atoms with Gasteiger partial charge in [0, 0.05) is 12.0 Å². The molecule has 0 aliphatic heterocycles. The van der Waals surface area contributed by atoms with E-state index in [-0.39, 0.29) is 21.7 Å². The number of aromatic nitrogens is 2. The second kappa shape index (κ2) is 10.7. The second-order valence-electron chi connectivity index (χ2n) is 7.64. The van der Waals surface area contributed by atoms with Gasteiger partial charge in [-0.25, -0.2) is 18.4 Å². The summed E-state index contributed by atoms with van der Waals surface area (Å²) in [5.74, 6) is -0.203. The van der Waals surface area contributed by atoms with Gasteiger partial charge in [0.2, 0.25) is 5.91 Å². The molecule has 8 nitrogen and oxygen atoms in total. The molecule has 1 aromatic heterocycles. The van der Waals surface area contributed by atoms with E-state index in [1.807, 2.05) is 0 Å². The van der Waals surface area contributed by atoms with Gasteiger partial charge in [0.25, 0.3) is 0 Å². The average Bonchev–Trinajstić information content (AvgIpc) is 2.74. The molecule has 0 saturated carbocycles. The molecule has 1 amide bonds. The first-order valence-electron chi connectivity index (χ1n) is 9.93. The topological polar surface area (TPSA) is 110 Å². The van der Waals surface area contributed by atoms with Crippen molar-refractivity contribution in [3.05, 3.63) is 57.6 Å². The minimum Gasteiger partial charge on any atom is -0.309 e. The zero-order valence-corrected chi connectivity index (χ0v) is 20.8. The maximum Gasteiger partial charge on any atom is 0.233 e. The molecule has 11 heteroatoms. The summed E-state index contributed by atoms with van der Waals surface area (Å²) < 4.78 is 24.4. The third-order valence-electron chi connectivity index (χ3n) is 5.27. The van der Waals surface area contributed by atoms with Crippen LogP contribution in [-0.2, 0) is 19.5 Å². The van der Waals surface area contributed by atoms with E-state index in [9.17, 15) is 13.2 Å². The zero-order valence-electron chi connectivity index (χ0n) is 17.6. The molecule has 1 aromatic carbocycles. The Hall–Kier alpha value is -2.01. The van der Waals surface area contributed by atoms with E-state index < -0.39 is 15.8 Å². The molecule has 2 atom stereocenters. The number of carbonyl (C=O) groups is 1. The fraction of sp³-hybridized carbons (Fsp3) is 0.381. The highest BCUT2D eigenvalue weighted by Gasteiger charge is 2.28. The lowest BCUT2D eigenvalue weighted by Crippen LogP contribution is -2.25. The van der Waals surface area contributed by atoms with E-state index in [2.05, 4.69) is 42.8 Å². The van der Waals surface area contributed by atoms with Crippen molar-refractivity contribution in [3.63, 3.8) is 0 Å². The van der Waals surface area contributed by atoms with Gasteiger partial charge in [0.05, 0.1) is 35.3 Å². The number of anilines is 1. The number of hydrogen-bond acceptors (Lipinski definition) is 7. The summed E-state index contributed by atoms with van der Waals surface area (Å²) in [5, 5.41) is 2.91. The highest BCUT2D eigenvalue weighted by molar-refractivity contribution is 9.10. The van der Waals surface area contributed by atoms with Crippen LogP contribution in [0.1, 0.15) is 37.2 Å². The van der Waals surface area contributed by atoms with Crippen molar-refractivity contribution in [3.8, 4) is 0 Å². The Morgan fingerprint density at radius 2 is 2.12 bits per heavy atom. The second-order valence-corrected chi connectivity index (χ2v) is 10.8. The number of benzene rings is 1. The van der Waals surface area contributed by atoms with Crippen LogP contribution in [0.4, 0.5) is 5.82 Å². The molecule has 0 radical (unpaired) electrons. The summed E-state index contributed by atoms with van der Waals surface area (Å²) in [5.41, 5.74) is 4.54. The standard InChI is InChI=1S/C21H24BrClN4O4S/c1-31-27-15-6-3-13(4-7-15)9-16(21(28)26-20-12-24-19(22)11-25-20)14-5-8-18(17(23)10-14)32(2,29)30/h5-6,8,10-13,16,27H,3-4,7,9H2,1-2H3,(H,25,26,28). The lowest BCUT2D eigenvalue weighted by Gasteiger charge is -2.26. The molecule has 2 unspecified atom stereocenters. The minimum absolute atomic E-state index is 0.0386. The highest BCUT2D eigenvalue weighted by atomic mass is 79.9. The maximum atomic E-state index is 13.2. The smallest absolute Gasteiger partial charge is 0.233 e. The quantitative estimate of drug-likeness (QED) is 0.479. The van der Waals surface area contributed by atoms with E-state index in [4.69, 9.17) is 16.4 Å². The largest absolute Gasteiger partial charge is 0.309 e. The first-order chi connectivity index (χ1) is 15.2. The Morgan fingerprint density at radius 1 is 1.34 bits per heavy atom. The molecule has 3 rings (SSSR count). The molecule has 2 aromatic rings. The van der Waals surface area contributed by atoms with Crippen molar-refractivity contribution in [1.82, 2.24) is 15.4 Å². The van der Waals surface area contributed by atoms with E-state index in [0.717, 1.165) is 31.2 Å². The number of hydroxylamine groups is 1. The Balaban J connectivity index is 1.86. The van der Waals surface area contributed by atoms with E-state index in [0.29, 0.717) is 22.4 Å². The summed E-state index contributed by atoms with van der Waals surface area (Å²) in [4.78, 5) is 26.5. The summed E-state index contributed by atoms with van der Waals surface area (Å²) in [6.45, 7) is 0. The number of nitrogens with zero attached hydrogens (tertiary/aromatic N) is 2. The minimum atomic E-state index is -3.47. The highest BCUT2D eigenvalue weighted by Crippen LogP contribution is 2.35. The van der Waals surface area contributed by atoms with Crippen LogP contribution in [-0.4, -0.2) is 37.7 Å². The molecule has 32 heavy (non-hydrogen) atoms. The number of amides is 1. The zero-order chi connectivity index (χ0) is 23.3. The summed E-state index contributed by atoms with van der Waals surface area (Å²) in [7, 11) is -1.90. The number of hydrogen-bond donors (Lipinski definition) is 2. The SMILES string of the molecule is CONC1=CCC(CC(C(=O)Nc2cnc(Br)cn2)c2ccc(S(C)(=O)=O)c(Cl)c2)CC1. The average molecular weight is 544 g/mol. The van der Waals surface area contributed by atoms with Crippen LogP contribution < -0.4 is 10.8 Å². The number of rotatable bonds is 8. The first kappa shape index (κ1) is 24.6. The van der Waals surface area contributed by atoms with Crippen LogP contribution in [0.3, 0.4) is 0 Å². The molecule has 172 valence electrons. The summed E-state index contributed by atoms with van der Waals surface area (Å²) in [6.07, 6.45) is 9.21. The monoisotopic (exact) mass is 542 g/mol. The van der Waals surface area contributed by atoms with Crippen molar-refractivity contribution in [1.29, 1.82) is 0 Å². The van der Waals surface area contributed by atoms with Gasteiger partial charge in [-0.1, -0.05) is 23.7 Å². The predicted octanol–water partition coefficient (Wildman–Crippen LogP) is 4.24. The third-order valence-corrected chi connectivity index (χ3v) is 7.26. The van der Waals surface area contributed by atoms with Crippen LogP contribution in [0.25, 0.3) is 0 Å². The van der Waals surface area contributed by atoms with Gasteiger partial charge in [-0.15, -0.1) is 0 Å². The van der Waals surface area contributed by atoms with Crippen LogP contribution in [0.5, 0.6) is 0 Å². The van der Waals surface area contributed by atoms with Gasteiger partial charge < -0.3 is 5.32 Å². The van der Waals surface area contributed by atoms with Crippen LogP contribution in [0.2, 0.25) is 5.02 Å². The molecule has 0 fully saturated rings. The fourth-order valence-corrected chi connectivity index (χ4v) is 5.22. The first-order valence-corrected chi connectivity index (χ1v) is 13.0. The molecule has 0 spiro atoms. The Labute approximate surface area is 200 Å². The molecule has 1 aliphatic carbocycles. The predicted molar refractivity (Wildman–Crippen MR) is 126 cm³/mol. The molecule has 1 aliphatic rings. The number of allylic oxidation sites excluding steroid dienone is 2. The molecule has 0 saturated heterocycles. The van der Waals surface area contributed by atoms with Gasteiger partial charge in [-0.05, 0) is 65.2 Å².